The average molecular weight is 578 g/mol. The predicted octanol–water partition coefficient (Wildman–Crippen LogP) is 7.42. The molecule has 0 spiro atoms. The van der Waals surface area contributed by atoms with Crippen molar-refractivity contribution < 1.29 is 14.9 Å². The number of rotatable bonds is 6. The zero-order chi connectivity index (χ0) is 31.5. The number of aryl methyl sites for hydroxylation is 8. The second-order valence-electron chi connectivity index (χ2n) is 13.7. The molecule has 1 heterocycles. The summed E-state index contributed by atoms with van der Waals surface area (Å²) in [5, 5.41) is 30.4. The molecule has 0 bridgehead atoms. The van der Waals surface area contributed by atoms with Crippen molar-refractivity contribution >= 4 is 0 Å². The molecule has 5 rings (SSSR count). The van der Waals surface area contributed by atoms with Gasteiger partial charge in [-0.3, -0.25) is 5.32 Å². The molecule has 4 aromatic rings. The molecule has 1 saturated heterocycles. The zero-order valence-electron chi connectivity index (χ0n) is 27.4. The van der Waals surface area contributed by atoms with Gasteiger partial charge in [0.1, 0.15) is 23.0 Å². The molecule has 4 nitrogen and oxygen atoms in total. The third kappa shape index (κ3) is 5.82. The van der Waals surface area contributed by atoms with Crippen molar-refractivity contribution in [2.75, 3.05) is 0 Å². The van der Waals surface area contributed by atoms with Crippen molar-refractivity contribution in [1.29, 1.82) is 0 Å². The number of ether oxygens (including phenoxy) is 1. The summed E-state index contributed by atoms with van der Waals surface area (Å²) >= 11 is 0. The maximum atomic E-state index is 13.4. The van der Waals surface area contributed by atoms with Crippen LogP contribution in [0.2, 0.25) is 0 Å². The van der Waals surface area contributed by atoms with Gasteiger partial charge in [-0.25, -0.2) is 0 Å². The molecular formula is C39H47NO3. The number of aliphatic hydroxyl groups is 2. The summed E-state index contributed by atoms with van der Waals surface area (Å²) in [6.07, 6.45) is -0.864. The Morgan fingerprint density at radius 2 is 0.744 bits per heavy atom. The molecule has 226 valence electrons. The normalized spacial score (nSPS) is 18.7. The topological polar surface area (TPSA) is 61.7 Å². The van der Waals surface area contributed by atoms with E-state index in [-0.39, 0.29) is 0 Å². The summed E-state index contributed by atoms with van der Waals surface area (Å²) in [5.41, 5.74) is 7.50. The van der Waals surface area contributed by atoms with E-state index in [0.717, 1.165) is 66.8 Å². The first kappa shape index (κ1) is 31.2. The molecule has 0 saturated carbocycles. The lowest BCUT2D eigenvalue weighted by molar-refractivity contribution is -0.128. The fourth-order valence-electron chi connectivity index (χ4n) is 7.32. The highest BCUT2D eigenvalue weighted by atomic mass is 16.6. The molecule has 1 aliphatic rings. The van der Waals surface area contributed by atoms with Gasteiger partial charge in [0, 0.05) is 0 Å². The van der Waals surface area contributed by atoms with E-state index in [1.807, 2.05) is 38.1 Å². The van der Waals surface area contributed by atoms with E-state index in [1.165, 1.54) is 0 Å². The van der Waals surface area contributed by atoms with Gasteiger partial charge >= 0.3 is 0 Å². The summed E-state index contributed by atoms with van der Waals surface area (Å²) in [5.74, 6) is 0. The zero-order valence-corrected chi connectivity index (χ0v) is 27.4. The Hall–Kier alpha value is -3.28. The number of benzene rings is 4. The third-order valence-electron chi connectivity index (χ3n) is 8.74. The molecule has 0 unspecified atom stereocenters. The Morgan fingerprint density at radius 1 is 0.488 bits per heavy atom. The monoisotopic (exact) mass is 577 g/mol. The van der Waals surface area contributed by atoms with Gasteiger partial charge in [-0.15, -0.1) is 0 Å². The standard InChI is InChI=1S/C39H47NO3/c1-23-11-24(2)16-31(15-23)38(41,32-17-25(3)12-26(4)18-32)35-36(43-37(9,10)40-35)39(42,33-19-27(5)13-28(6)20-33)34-21-29(7)14-30(8)22-34/h11-22,35-36,40-42H,1-10H3/t35-,36-/m1/s1. The molecule has 1 fully saturated rings. The van der Waals surface area contributed by atoms with Crippen LogP contribution >= 0.6 is 0 Å². The van der Waals surface area contributed by atoms with E-state index in [2.05, 4.69) is 109 Å². The lowest BCUT2D eigenvalue weighted by atomic mass is 9.69. The number of hydrogen-bond acceptors (Lipinski definition) is 4. The smallest absolute Gasteiger partial charge is 0.142 e. The summed E-state index contributed by atoms with van der Waals surface area (Å²) in [6, 6.07) is 24.1. The Bertz CT molecular complexity index is 1380. The van der Waals surface area contributed by atoms with Crippen LogP contribution in [0.15, 0.2) is 72.8 Å². The lowest BCUT2D eigenvalue weighted by Crippen LogP contribution is -2.58. The van der Waals surface area contributed by atoms with E-state index < -0.39 is 29.1 Å². The molecule has 4 heteroatoms. The van der Waals surface area contributed by atoms with Gasteiger partial charge in [0.15, 0.2) is 0 Å². The van der Waals surface area contributed by atoms with Gasteiger partial charge in [-0.1, -0.05) is 117 Å². The van der Waals surface area contributed by atoms with Crippen LogP contribution in [0.1, 0.15) is 80.6 Å². The van der Waals surface area contributed by atoms with Crippen LogP contribution in [-0.2, 0) is 15.9 Å². The van der Waals surface area contributed by atoms with Crippen molar-refractivity contribution in [3.8, 4) is 0 Å². The van der Waals surface area contributed by atoms with Crippen molar-refractivity contribution in [3.05, 3.63) is 140 Å². The molecule has 2 atom stereocenters. The first-order valence-corrected chi connectivity index (χ1v) is 15.3. The van der Waals surface area contributed by atoms with E-state index in [9.17, 15) is 10.2 Å². The highest BCUT2D eigenvalue weighted by Crippen LogP contribution is 2.48. The second kappa shape index (κ2) is 11.0. The van der Waals surface area contributed by atoms with Crippen molar-refractivity contribution in [2.24, 2.45) is 0 Å². The van der Waals surface area contributed by atoms with Gasteiger partial charge in [0.05, 0.1) is 6.04 Å². The van der Waals surface area contributed by atoms with Crippen LogP contribution in [-0.4, -0.2) is 28.1 Å². The van der Waals surface area contributed by atoms with E-state index >= 15 is 0 Å². The predicted molar refractivity (Wildman–Crippen MR) is 176 cm³/mol. The fraction of sp³-hybridized carbons (Fsp3) is 0.385. The van der Waals surface area contributed by atoms with Crippen molar-refractivity contribution in [2.45, 2.75) is 98.3 Å². The quantitative estimate of drug-likeness (QED) is 0.223. The maximum Gasteiger partial charge on any atom is 0.142 e. The Balaban J connectivity index is 1.86. The van der Waals surface area contributed by atoms with Crippen LogP contribution in [0.3, 0.4) is 0 Å². The van der Waals surface area contributed by atoms with Gasteiger partial charge in [-0.2, -0.15) is 0 Å². The SMILES string of the molecule is Cc1cc(C)cc(C(O)(c2cc(C)cc(C)c2)[C@@H]2NC(C)(C)O[C@H]2C(O)(c2cc(C)cc(C)c2)c2cc(C)cc(C)c2)c1. The van der Waals surface area contributed by atoms with Crippen LogP contribution < -0.4 is 5.32 Å². The molecule has 0 aromatic heterocycles. The fourth-order valence-corrected chi connectivity index (χ4v) is 7.32. The molecule has 0 radical (unpaired) electrons. The number of hydrogen-bond donors (Lipinski definition) is 3. The minimum Gasteiger partial charge on any atom is -0.379 e. The molecule has 43 heavy (non-hydrogen) atoms. The summed E-state index contributed by atoms with van der Waals surface area (Å²) in [4.78, 5) is 0. The minimum atomic E-state index is -1.59. The molecule has 0 aliphatic carbocycles. The summed E-state index contributed by atoms with van der Waals surface area (Å²) in [7, 11) is 0. The maximum absolute atomic E-state index is 13.4. The van der Waals surface area contributed by atoms with Crippen molar-refractivity contribution in [1.82, 2.24) is 5.32 Å². The highest BCUT2D eigenvalue weighted by molar-refractivity contribution is 5.49. The highest BCUT2D eigenvalue weighted by Gasteiger charge is 2.60. The van der Waals surface area contributed by atoms with Crippen LogP contribution in [0.25, 0.3) is 0 Å². The van der Waals surface area contributed by atoms with Crippen LogP contribution in [0.5, 0.6) is 0 Å². The molecular weight excluding hydrogens is 530 g/mol. The van der Waals surface area contributed by atoms with E-state index in [1.54, 1.807) is 0 Å². The summed E-state index contributed by atoms with van der Waals surface area (Å²) < 4.78 is 6.88. The van der Waals surface area contributed by atoms with E-state index in [0.29, 0.717) is 0 Å². The molecule has 0 amide bonds. The third-order valence-corrected chi connectivity index (χ3v) is 8.74. The van der Waals surface area contributed by atoms with Gasteiger partial charge in [0.2, 0.25) is 0 Å². The average Bonchev–Trinajstić information content (AvgIpc) is 3.21. The summed E-state index contributed by atoms with van der Waals surface area (Å²) in [6.45, 7) is 20.4. The van der Waals surface area contributed by atoms with E-state index in [4.69, 9.17) is 4.74 Å². The van der Waals surface area contributed by atoms with Crippen molar-refractivity contribution in [3.63, 3.8) is 0 Å². The first-order chi connectivity index (χ1) is 20.0. The molecule has 1 aliphatic heterocycles. The minimum absolute atomic E-state index is 0.725. The first-order valence-electron chi connectivity index (χ1n) is 15.3. The van der Waals surface area contributed by atoms with Crippen LogP contribution in [0.4, 0.5) is 0 Å². The molecule has 3 N–H and O–H groups in total. The molecule has 4 aromatic carbocycles. The van der Waals surface area contributed by atoms with Crippen LogP contribution in [0, 0.1) is 55.4 Å². The Morgan fingerprint density at radius 3 is 1.02 bits per heavy atom. The Kier molecular flexibility index (Phi) is 7.98. The Labute approximate surface area is 257 Å². The lowest BCUT2D eigenvalue weighted by Gasteiger charge is -2.44. The second-order valence-corrected chi connectivity index (χ2v) is 13.7. The largest absolute Gasteiger partial charge is 0.379 e. The number of nitrogens with one attached hydrogen (secondary N) is 1. The van der Waals surface area contributed by atoms with Gasteiger partial charge < -0.3 is 14.9 Å². The van der Waals surface area contributed by atoms with Gasteiger partial charge in [-0.05, 0) is 91.5 Å². The van der Waals surface area contributed by atoms with Gasteiger partial charge in [0.25, 0.3) is 0 Å².